The van der Waals surface area contributed by atoms with Crippen molar-refractivity contribution in [2.75, 3.05) is 7.11 Å². The summed E-state index contributed by atoms with van der Waals surface area (Å²) in [5, 5.41) is 4.28. The molecule has 0 saturated heterocycles. The second kappa shape index (κ2) is 3.95. The second-order valence-electron chi connectivity index (χ2n) is 3.19. The number of hydrogen-bond acceptors (Lipinski definition) is 3. The van der Waals surface area contributed by atoms with E-state index in [1.807, 2.05) is 13.0 Å². The molecule has 0 saturated carbocycles. The highest BCUT2D eigenvalue weighted by Crippen LogP contribution is 2.31. The topological polar surface area (TPSA) is 35.3 Å². The van der Waals surface area contributed by atoms with Crippen molar-refractivity contribution in [3.63, 3.8) is 0 Å². The highest BCUT2D eigenvalue weighted by molar-refractivity contribution is 6.32. The first-order valence-corrected chi connectivity index (χ1v) is 4.85. The van der Waals surface area contributed by atoms with Crippen LogP contribution < -0.4 is 4.74 Å². The van der Waals surface area contributed by atoms with E-state index in [0.717, 1.165) is 16.9 Å². The predicted octanol–water partition coefficient (Wildman–Crippen LogP) is 3.31. The van der Waals surface area contributed by atoms with Crippen LogP contribution in [0.3, 0.4) is 0 Å². The van der Waals surface area contributed by atoms with Crippen molar-refractivity contribution < 1.29 is 9.26 Å². The van der Waals surface area contributed by atoms with Crippen molar-refractivity contribution >= 4 is 11.6 Å². The summed E-state index contributed by atoms with van der Waals surface area (Å²) < 4.78 is 10.2. The third-order valence-electron chi connectivity index (χ3n) is 2.16. The van der Waals surface area contributed by atoms with E-state index in [1.165, 1.54) is 0 Å². The molecule has 1 aromatic heterocycles. The van der Waals surface area contributed by atoms with Crippen LogP contribution in [0.15, 0.2) is 28.9 Å². The van der Waals surface area contributed by atoms with Crippen molar-refractivity contribution in [2.24, 2.45) is 0 Å². The molecule has 0 unspecified atom stereocenters. The zero-order valence-electron chi connectivity index (χ0n) is 8.45. The lowest BCUT2D eigenvalue weighted by molar-refractivity contribution is 0.414. The Labute approximate surface area is 92.6 Å². The lowest BCUT2D eigenvalue weighted by Gasteiger charge is -2.04. The van der Waals surface area contributed by atoms with Gasteiger partial charge in [-0.2, -0.15) is 0 Å². The molecule has 0 N–H and O–H groups in total. The first kappa shape index (κ1) is 10.1. The summed E-state index contributed by atoms with van der Waals surface area (Å²) in [4.78, 5) is 0. The van der Waals surface area contributed by atoms with E-state index >= 15 is 0 Å². The van der Waals surface area contributed by atoms with Crippen LogP contribution in [0.5, 0.6) is 5.75 Å². The fourth-order valence-electron chi connectivity index (χ4n) is 1.38. The Bertz CT molecular complexity index is 479. The van der Waals surface area contributed by atoms with Crippen LogP contribution in [0, 0.1) is 6.92 Å². The Morgan fingerprint density at radius 1 is 1.40 bits per heavy atom. The molecule has 2 rings (SSSR count). The van der Waals surface area contributed by atoms with E-state index in [0.29, 0.717) is 10.8 Å². The summed E-state index contributed by atoms with van der Waals surface area (Å²) in [7, 11) is 1.58. The highest BCUT2D eigenvalue weighted by Gasteiger charge is 2.09. The van der Waals surface area contributed by atoms with Gasteiger partial charge >= 0.3 is 0 Å². The fraction of sp³-hybridized carbons (Fsp3) is 0.182. The van der Waals surface area contributed by atoms with Crippen LogP contribution in [0.2, 0.25) is 5.02 Å². The zero-order chi connectivity index (χ0) is 10.8. The third kappa shape index (κ3) is 1.83. The maximum absolute atomic E-state index is 6.01. The van der Waals surface area contributed by atoms with Crippen LogP contribution >= 0.6 is 11.6 Å². The average molecular weight is 224 g/mol. The molecule has 0 fully saturated rings. The first-order valence-electron chi connectivity index (χ1n) is 4.47. The van der Waals surface area contributed by atoms with E-state index in [-0.39, 0.29) is 0 Å². The average Bonchev–Trinajstić information content (AvgIpc) is 2.64. The number of benzene rings is 1. The van der Waals surface area contributed by atoms with E-state index in [9.17, 15) is 0 Å². The lowest BCUT2D eigenvalue weighted by atomic mass is 10.1. The molecule has 15 heavy (non-hydrogen) atoms. The SMILES string of the molecule is COc1ccc(-c2oncc2C)cc1Cl. The van der Waals surface area contributed by atoms with E-state index in [4.69, 9.17) is 20.9 Å². The van der Waals surface area contributed by atoms with Crippen LogP contribution in [0.4, 0.5) is 0 Å². The molecule has 1 heterocycles. The number of hydrogen-bond donors (Lipinski definition) is 0. The second-order valence-corrected chi connectivity index (χ2v) is 3.59. The van der Waals surface area contributed by atoms with Crippen LogP contribution in [-0.4, -0.2) is 12.3 Å². The first-order chi connectivity index (χ1) is 7.22. The van der Waals surface area contributed by atoms with Gasteiger partial charge in [0, 0.05) is 11.1 Å². The van der Waals surface area contributed by atoms with Gasteiger partial charge in [-0.1, -0.05) is 16.8 Å². The molecule has 3 nitrogen and oxygen atoms in total. The molecule has 4 heteroatoms. The monoisotopic (exact) mass is 223 g/mol. The van der Waals surface area contributed by atoms with E-state index in [2.05, 4.69) is 5.16 Å². The van der Waals surface area contributed by atoms with Crippen LogP contribution in [0.1, 0.15) is 5.56 Å². The number of ether oxygens (including phenoxy) is 1. The molecular weight excluding hydrogens is 214 g/mol. The minimum Gasteiger partial charge on any atom is -0.495 e. The molecule has 0 bridgehead atoms. The molecule has 0 atom stereocenters. The molecular formula is C11H10ClNO2. The zero-order valence-corrected chi connectivity index (χ0v) is 9.21. The Hall–Kier alpha value is -1.48. The molecule has 0 spiro atoms. The molecule has 0 aliphatic carbocycles. The number of nitrogens with zero attached hydrogens (tertiary/aromatic N) is 1. The molecule has 0 amide bonds. The summed E-state index contributed by atoms with van der Waals surface area (Å²) in [6, 6.07) is 5.49. The van der Waals surface area contributed by atoms with Crippen LogP contribution in [0.25, 0.3) is 11.3 Å². The van der Waals surface area contributed by atoms with E-state index < -0.39 is 0 Å². The maximum atomic E-state index is 6.01. The van der Waals surface area contributed by atoms with Gasteiger partial charge in [0.15, 0.2) is 5.76 Å². The number of halogens is 1. The Kier molecular flexibility index (Phi) is 2.64. The molecule has 1 aromatic carbocycles. The summed E-state index contributed by atoms with van der Waals surface area (Å²) in [5.41, 5.74) is 1.88. The highest BCUT2D eigenvalue weighted by atomic mass is 35.5. The van der Waals surface area contributed by atoms with Gasteiger partial charge in [0.05, 0.1) is 18.3 Å². The third-order valence-corrected chi connectivity index (χ3v) is 2.46. The normalized spacial score (nSPS) is 10.3. The smallest absolute Gasteiger partial charge is 0.169 e. The Balaban J connectivity index is 2.47. The lowest BCUT2D eigenvalue weighted by Crippen LogP contribution is -1.85. The fourth-order valence-corrected chi connectivity index (χ4v) is 1.63. The van der Waals surface area contributed by atoms with Crippen molar-refractivity contribution in [1.82, 2.24) is 5.16 Å². The standard InChI is InChI=1S/C11H10ClNO2/c1-7-6-13-15-11(7)8-3-4-10(14-2)9(12)5-8/h3-6H,1-2H3. The maximum Gasteiger partial charge on any atom is 0.169 e. The summed E-state index contributed by atoms with van der Waals surface area (Å²) in [6.45, 7) is 1.93. The Morgan fingerprint density at radius 2 is 2.20 bits per heavy atom. The largest absolute Gasteiger partial charge is 0.495 e. The summed E-state index contributed by atoms with van der Waals surface area (Å²) in [5.74, 6) is 1.39. The van der Waals surface area contributed by atoms with Crippen molar-refractivity contribution in [1.29, 1.82) is 0 Å². The summed E-state index contributed by atoms with van der Waals surface area (Å²) >= 11 is 6.01. The van der Waals surface area contributed by atoms with Gasteiger partial charge < -0.3 is 9.26 Å². The molecule has 0 radical (unpaired) electrons. The van der Waals surface area contributed by atoms with Crippen molar-refractivity contribution in [3.05, 3.63) is 35.0 Å². The number of rotatable bonds is 2. The van der Waals surface area contributed by atoms with Gasteiger partial charge in [-0.05, 0) is 25.1 Å². The molecule has 0 aliphatic heterocycles. The van der Waals surface area contributed by atoms with E-state index in [1.54, 1.807) is 25.4 Å². The predicted molar refractivity (Wildman–Crippen MR) is 58.2 cm³/mol. The van der Waals surface area contributed by atoms with Gasteiger partial charge in [-0.15, -0.1) is 0 Å². The Morgan fingerprint density at radius 3 is 2.73 bits per heavy atom. The van der Waals surface area contributed by atoms with Gasteiger partial charge in [-0.3, -0.25) is 0 Å². The van der Waals surface area contributed by atoms with Crippen LogP contribution in [-0.2, 0) is 0 Å². The van der Waals surface area contributed by atoms with Crippen molar-refractivity contribution in [2.45, 2.75) is 6.92 Å². The number of aromatic nitrogens is 1. The van der Waals surface area contributed by atoms with Gasteiger partial charge in [0.25, 0.3) is 0 Å². The number of aryl methyl sites for hydroxylation is 1. The minimum atomic E-state index is 0.561. The molecule has 0 aliphatic rings. The quantitative estimate of drug-likeness (QED) is 0.784. The van der Waals surface area contributed by atoms with Gasteiger partial charge in [0.1, 0.15) is 5.75 Å². The molecule has 78 valence electrons. The number of methoxy groups -OCH3 is 1. The summed E-state index contributed by atoms with van der Waals surface area (Å²) in [6.07, 6.45) is 1.67. The molecule has 2 aromatic rings. The van der Waals surface area contributed by atoms with Crippen molar-refractivity contribution in [3.8, 4) is 17.1 Å². The van der Waals surface area contributed by atoms with Gasteiger partial charge in [0.2, 0.25) is 0 Å². The van der Waals surface area contributed by atoms with Gasteiger partial charge in [-0.25, -0.2) is 0 Å². The minimum absolute atomic E-state index is 0.561.